The third-order valence-corrected chi connectivity index (χ3v) is 4.59. The van der Waals surface area contributed by atoms with Gasteiger partial charge in [-0.2, -0.15) is 0 Å². The number of benzene rings is 2. The first-order chi connectivity index (χ1) is 10.6. The molecule has 3 rings (SSSR count). The lowest BCUT2D eigenvalue weighted by Gasteiger charge is -2.36. The fourth-order valence-corrected chi connectivity index (χ4v) is 2.92. The van der Waals surface area contributed by atoms with Crippen molar-refractivity contribution in [2.45, 2.75) is 0 Å². The minimum Gasteiger partial charge on any atom is -0.368 e. The van der Waals surface area contributed by atoms with Crippen LogP contribution in [0.5, 0.6) is 0 Å². The van der Waals surface area contributed by atoms with E-state index in [1.165, 1.54) is 5.69 Å². The number of nitrogens with zero attached hydrogens (tertiary/aromatic N) is 2. The molecule has 0 unspecified atom stereocenters. The highest BCUT2D eigenvalue weighted by atomic mass is 35.5. The Balaban J connectivity index is 1.66. The zero-order valence-corrected chi connectivity index (χ0v) is 13.5. The molecule has 0 saturated carbocycles. The lowest BCUT2D eigenvalue weighted by Crippen LogP contribution is -2.48. The topological polar surface area (TPSA) is 23.6 Å². The Kier molecular flexibility index (Phi) is 4.55. The summed E-state index contributed by atoms with van der Waals surface area (Å²) in [5, 5.41) is 0.877. The maximum absolute atomic E-state index is 12.5. The van der Waals surface area contributed by atoms with Crippen LogP contribution >= 0.6 is 23.2 Å². The predicted octanol–water partition coefficient (Wildman–Crippen LogP) is 3.96. The molecular weight excluding hydrogens is 319 g/mol. The molecule has 22 heavy (non-hydrogen) atoms. The molecule has 0 spiro atoms. The number of carbonyl (C=O) groups is 1. The van der Waals surface area contributed by atoms with Gasteiger partial charge >= 0.3 is 0 Å². The van der Waals surface area contributed by atoms with E-state index in [0.717, 1.165) is 13.1 Å². The summed E-state index contributed by atoms with van der Waals surface area (Å²) in [6.07, 6.45) is 0. The summed E-state index contributed by atoms with van der Waals surface area (Å²) in [6, 6.07) is 15.3. The average Bonchev–Trinajstić information content (AvgIpc) is 2.58. The Labute approximate surface area is 140 Å². The Bertz CT molecular complexity index is 668. The summed E-state index contributed by atoms with van der Waals surface area (Å²) in [4.78, 5) is 16.7. The number of carbonyl (C=O) groups excluding carboxylic acids is 1. The van der Waals surface area contributed by atoms with Crippen LogP contribution in [0.3, 0.4) is 0 Å². The molecule has 1 amide bonds. The normalized spacial score (nSPS) is 15.0. The summed E-state index contributed by atoms with van der Waals surface area (Å²) >= 11 is 11.9. The Morgan fingerprint density at radius 1 is 0.864 bits per heavy atom. The molecule has 0 radical (unpaired) electrons. The first kappa shape index (κ1) is 15.2. The average molecular weight is 335 g/mol. The molecule has 0 bridgehead atoms. The van der Waals surface area contributed by atoms with Crippen molar-refractivity contribution in [3.05, 3.63) is 64.1 Å². The van der Waals surface area contributed by atoms with Gasteiger partial charge in [0.25, 0.3) is 5.91 Å². The quantitative estimate of drug-likeness (QED) is 0.829. The Hall–Kier alpha value is -1.71. The van der Waals surface area contributed by atoms with Gasteiger partial charge in [-0.15, -0.1) is 0 Å². The van der Waals surface area contributed by atoms with Gasteiger partial charge in [-0.3, -0.25) is 4.79 Å². The molecule has 1 heterocycles. The van der Waals surface area contributed by atoms with Gasteiger partial charge in [0.2, 0.25) is 0 Å². The molecule has 1 fully saturated rings. The smallest absolute Gasteiger partial charge is 0.254 e. The Morgan fingerprint density at radius 2 is 1.55 bits per heavy atom. The summed E-state index contributed by atoms with van der Waals surface area (Å²) < 4.78 is 0. The van der Waals surface area contributed by atoms with Crippen molar-refractivity contribution in [1.29, 1.82) is 0 Å². The number of hydrogen-bond donors (Lipinski definition) is 0. The van der Waals surface area contributed by atoms with Crippen LogP contribution in [0.1, 0.15) is 10.4 Å². The van der Waals surface area contributed by atoms with Crippen molar-refractivity contribution in [2.24, 2.45) is 0 Å². The van der Waals surface area contributed by atoms with Gasteiger partial charge in [0.05, 0.1) is 10.0 Å². The minimum absolute atomic E-state index is 0.00581. The second kappa shape index (κ2) is 6.59. The van der Waals surface area contributed by atoms with E-state index in [-0.39, 0.29) is 5.91 Å². The van der Waals surface area contributed by atoms with Gasteiger partial charge in [-0.25, -0.2) is 0 Å². The molecule has 0 aliphatic carbocycles. The second-order valence-electron chi connectivity index (χ2n) is 5.24. The third kappa shape index (κ3) is 3.21. The molecule has 0 N–H and O–H groups in total. The van der Waals surface area contributed by atoms with E-state index >= 15 is 0 Å². The first-order valence-corrected chi connectivity index (χ1v) is 7.95. The van der Waals surface area contributed by atoms with Crippen molar-refractivity contribution >= 4 is 34.8 Å². The molecule has 0 aromatic heterocycles. The number of rotatable bonds is 2. The number of hydrogen-bond acceptors (Lipinski definition) is 2. The molecule has 3 nitrogen and oxygen atoms in total. The molecule has 2 aromatic carbocycles. The monoisotopic (exact) mass is 334 g/mol. The zero-order chi connectivity index (χ0) is 15.5. The zero-order valence-electron chi connectivity index (χ0n) is 12.0. The molecule has 2 aromatic rings. The van der Waals surface area contributed by atoms with Gasteiger partial charge < -0.3 is 9.80 Å². The number of piperazine rings is 1. The Morgan fingerprint density at radius 3 is 2.18 bits per heavy atom. The van der Waals surface area contributed by atoms with Crippen molar-refractivity contribution in [2.75, 3.05) is 31.1 Å². The minimum atomic E-state index is 0.00581. The molecule has 114 valence electrons. The summed E-state index contributed by atoms with van der Waals surface area (Å²) in [5.41, 5.74) is 1.78. The van der Waals surface area contributed by atoms with Crippen LogP contribution in [-0.4, -0.2) is 37.0 Å². The van der Waals surface area contributed by atoms with Crippen LogP contribution in [-0.2, 0) is 0 Å². The van der Waals surface area contributed by atoms with Crippen LogP contribution < -0.4 is 4.90 Å². The van der Waals surface area contributed by atoms with E-state index in [1.54, 1.807) is 18.2 Å². The van der Waals surface area contributed by atoms with Crippen LogP contribution in [0.4, 0.5) is 5.69 Å². The van der Waals surface area contributed by atoms with E-state index in [1.807, 2.05) is 23.1 Å². The molecule has 0 atom stereocenters. The van der Waals surface area contributed by atoms with Gasteiger partial charge in [-0.1, -0.05) is 41.4 Å². The predicted molar refractivity (Wildman–Crippen MR) is 91.0 cm³/mol. The number of halogens is 2. The third-order valence-electron chi connectivity index (χ3n) is 3.85. The van der Waals surface area contributed by atoms with Crippen LogP contribution in [0.25, 0.3) is 0 Å². The van der Waals surface area contributed by atoms with E-state index in [9.17, 15) is 4.79 Å². The summed E-state index contributed by atoms with van der Waals surface area (Å²) in [7, 11) is 0. The van der Waals surface area contributed by atoms with Gasteiger partial charge in [-0.05, 0) is 30.3 Å². The van der Waals surface area contributed by atoms with Crippen molar-refractivity contribution in [3.63, 3.8) is 0 Å². The number of anilines is 1. The van der Waals surface area contributed by atoms with Crippen molar-refractivity contribution < 1.29 is 4.79 Å². The molecule has 1 aliphatic rings. The fourth-order valence-electron chi connectivity index (χ4n) is 2.62. The van der Waals surface area contributed by atoms with E-state index < -0.39 is 0 Å². The number of amides is 1. The maximum Gasteiger partial charge on any atom is 0.254 e. The van der Waals surface area contributed by atoms with E-state index in [0.29, 0.717) is 28.7 Å². The fraction of sp³-hybridized carbons (Fsp3) is 0.235. The lowest BCUT2D eigenvalue weighted by molar-refractivity contribution is 0.0747. The standard InChI is InChI=1S/C17H16Cl2N2O/c18-15-7-6-13(12-16(15)19)17(22)21-10-8-20(9-11-21)14-4-2-1-3-5-14/h1-7,12H,8-11H2. The highest BCUT2D eigenvalue weighted by Crippen LogP contribution is 2.24. The second-order valence-corrected chi connectivity index (χ2v) is 6.06. The van der Waals surface area contributed by atoms with Gasteiger partial charge in [0.15, 0.2) is 0 Å². The highest BCUT2D eigenvalue weighted by Gasteiger charge is 2.22. The van der Waals surface area contributed by atoms with Crippen molar-refractivity contribution in [1.82, 2.24) is 4.90 Å². The summed E-state index contributed by atoms with van der Waals surface area (Å²) in [6.45, 7) is 3.07. The van der Waals surface area contributed by atoms with E-state index in [2.05, 4.69) is 17.0 Å². The number of para-hydroxylation sites is 1. The summed E-state index contributed by atoms with van der Waals surface area (Å²) in [5.74, 6) is 0.00581. The lowest BCUT2D eigenvalue weighted by atomic mass is 10.1. The van der Waals surface area contributed by atoms with Crippen LogP contribution in [0.2, 0.25) is 10.0 Å². The SMILES string of the molecule is O=C(c1ccc(Cl)c(Cl)c1)N1CCN(c2ccccc2)CC1. The molecule has 5 heteroatoms. The van der Waals surface area contributed by atoms with Gasteiger partial charge in [0, 0.05) is 37.4 Å². The van der Waals surface area contributed by atoms with Crippen molar-refractivity contribution in [3.8, 4) is 0 Å². The van der Waals surface area contributed by atoms with Crippen LogP contribution in [0.15, 0.2) is 48.5 Å². The van der Waals surface area contributed by atoms with E-state index in [4.69, 9.17) is 23.2 Å². The molecule has 1 aliphatic heterocycles. The highest BCUT2D eigenvalue weighted by molar-refractivity contribution is 6.42. The van der Waals surface area contributed by atoms with Gasteiger partial charge in [0.1, 0.15) is 0 Å². The van der Waals surface area contributed by atoms with Crippen LogP contribution in [0, 0.1) is 0 Å². The maximum atomic E-state index is 12.5. The molecule has 1 saturated heterocycles. The largest absolute Gasteiger partial charge is 0.368 e. The molecular formula is C17H16Cl2N2O. The first-order valence-electron chi connectivity index (χ1n) is 7.19.